The zero-order valence-corrected chi connectivity index (χ0v) is 11.5. The van der Waals surface area contributed by atoms with Gasteiger partial charge in [0, 0.05) is 25.0 Å². The molecule has 0 aromatic heterocycles. The molecule has 1 atom stereocenters. The molecule has 5 nitrogen and oxygen atoms in total. The Labute approximate surface area is 107 Å². The van der Waals surface area contributed by atoms with Gasteiger partial charge in [-0.15, -0.1) is 0 Å². The van der Waals surface area contributed by atoms with Gasteiger partial charge in [-0.05, 0) is 13.1 Å². The number of rotatable bonds is 9. The number of aliphatic carboxylic acids is 1. The van der Waals surface area contributed by atoms with Crippen molar-refractivity contribution in [2.45, 2.75) is 26.8 Å². The maximum Gasteiger partial charge on any atom is 0.327 e. The van der Waals surface area contributed by atoms with Gasteiger partial charge in [0.05, 0.1) is 0 Å². The number of amides is 1. The summed E-state index contributed by atoms with van der Waals surface area (Å²) >= 11 is 1.55. The summed E-state index contributed by atoms with van der Waals surface area (Å²) in [6.07, 6.45) is 0. The summed E-state index contributed by atoms with van der Waals surface area (Å²) in [5.74, 6) is 0.0126. The van der Waals surface area contributed by atoms with Crippen LogP contribution in [0.25, 0.3) is 0 Å². The van der Waals surface area contributed by atoms with Crippen molar-refractivity contribution in [2.24, 2.45) is 0 Å². The van der Waals surface area contributed by atoms with Crippen LogP contribution in [0.3, 0.4) is 0 Å². The first-order valence-electron chi connectivity index (χ1n) is 5.81. The summed E-state index contributed by atoms with van der Waals surface area (Å²) in [7, 11) is 0. The quantitative estimate of drug-likeness (QED) is 0.597. The van der Waals surface area contributed by atoms with Crippen molar-refractivity contribution in [3.8, 4) is 0 Å². The SMILES string of the molecule is CCN(CC)CCSC[C@H](NC(C)=O)C(=O)O. The highest BCUT2D eigenvalue weighted by atomic mass is 32.2. The Morgan fingerprint density at radius 3 is 2.35 bits per heavy atom. The lowest BCUT2D eigenvalue weighted by Gasteiger charge is -2.18. The fraction of sp³-hybridized carbons (Fsp3) is 0.818. The highest BCUT2D eigenvalue weighted by Crippen LogP contribution is 2.04. The van der Waals surface area contributed by atoms with E-state index in [4.69, 9.17) is 5.11 Å². The van der Waals surface area contributed by atoms with Crippen LogP contribution in [-0.2, 0) is 9.59 Å². The van der Waals surface area contributed by atoms with Crippen LogP contribution in [0.1, 0.15) is 20.8 Å². The third kappa shape index (κ3) is 8.04. The largest absolute Gasteiger partial charge is 0.480 e. The topological polar surface area (TPSA) is 69.6 Å². The number of carboxylic acid groups (broad SMARTS) is 1. The summed E-state index contributed by atoms with van der Waals surface area (Å²) in [5.41, 5.74) is 0. The van der Waals surface area contributed by atoms with Crippen molar-refractivity contribution in [3.63, 3.8) is 0 Å². The van der Waals surface area contributed by atoms with Gasteiger partial charge in [-0.3, -0.25) is 4.79 Å². The Kier molecular flexibility index (Phi) is 8.89. The molecule has 0 aliphatic carbocycles. The van der Waals surface area contributed by atoms with E-state index in [9.17, 15) is 9.59 Å². The van der Waals surface area contributed by atoms with Crippen LogP contribution in [0.15, 0.2) is 0 Å². The molecule has 0 aliphatic heterocycles. The average molecular weight is 262 g/mol. The number of nitrogens with zero attached hydrogens (tertiary/aromatic N) is 1. The van der Waals surface area contributed by atoms with E-state index in [1.54, 1.807) is 11.8 Å². The minimum absolute atomic E-state index is 0.304. The van der Waals surface area contributed by atoms with Crippen molar-refractivity contribution in [3.05, 3.63) is 0 Å². The predicted molar refractivity (Wildman–Crippen MR) is 70.4 cm³/mol. The molecule has 0 unspecified atom stereocenters. The Bertz CT molecular complexity index is 245. The fourth-order valence-corrected chi connectivity index (χ4v) is 2.37. The number of hydrogen-bond acceptors (Lipinski definition) is 4. The molecule has 0 saturated heterocycles. The lowest BCUT2D eigenvalue weighted by atomic mass is 10.3. The first kappa shape index (κ1) is 16.2. The van der Waals surface area contributed by atoms with Crippen LogP contribution < -0.4 is 5.32 Å². The van der Waals surface area contributed by atoms with E-state index in [-0.39, 0.29) is 5.91 Å². The van der Waals surface area contributed by atoms with E-state index in [2.05, 4.69) is 24.1 Å². The molecule has 0 saturated carbocycles. The van der Waals surface area contributed by atoms with E-state index < -0.39 is 12.0 Å². The van der Waals surface area contributed by atoms with Gasteiger partial charge in [0.2, 0.25) is 5.91 Å². The molecule has 6 heteroatoms. The number of hydrogen-bond donors (Lipinski definition) is 2. The smallest absolute Gasteiger partial charge is 0.327 e. The molecule has 17 heavy (non-hydrogen) atoms. The molecule has 0 aromatic rings. The third-order valence-electron chi connectivity index (χ3n) is 2.41. The summed E-state index contributed by atoms with van der Waals surface area (Å²) < 4.78 is 0. The molecular weight excluding hydrogens is 240 g/mol. The molecule has 0 fully saturated rings. The van der Waals surface area contributed by atoms with Gasteiger partial charge in [-0.1, -0.05) is 13.8 Å². The van der Waals surface area contributed by atoms with E-state index >= 15 is 0 Å². The van der Waals surface area contributed by atoms with Crippen LogP contribution in [0.2, 0.25) is 0 Å². The van der Waals surface area contributed by atoms with Crippen molar-refractivity contribution < 1.29 is 14.7 Å². The molecule has 0 rings (SSSR count). The number of carbonyl (C=O) groups excluding carboxylic acids is 1. The van der Waals surface area contributed by atoms with Gasteiger partial charge in [0.25, 0.3) is 0 Å². The van der Waals surface area contributed by atoms with Gasteiger partial charge >= 0.3 is 5.97 Å². The van der Waals surface area contributed by atoms with Crippen molar-refractivity contribution in [1.29, 1.82) is 0 Å². The molecule has 100 valence electrons. The van der Waals surface area contributed by atoms with Crippen LogP contribution in [0.4, 0.5) is 0 Å². The zero-order valence-electron chi connectivity index (χ0n) is 10.7. The molecule has 0 spiro atoms. The van der Waals surface area contributed by atoms with Gasteiger partial charge in [-0.25, -0.2) is 4.79 Å². The summed E-state index contributed by atoms with van der Waals surface area (Å²) in [6.45, 7) is 8.49. The molecule has 0 bridgehead atoms. The second-order valence-electron chi connectivity index (χ2n) is 3.69. The Balaban J connectivity index is 3.82. The van der Waals surface area contributed by atoms with E-state index in [1.807, 2.05) is 0 Å². The highest BCUT2D eigenvalue weighted by Gasteiger charge is 2.17. The van der Waals surface area contributed by atoms with Crippen LogP contribution in [0.5, 0.6) is 0 Å². The fourth-order valence-electron chi connectivity index (χ4n) is 1.35. The maximum absolute atomic E-state index is 10.8. The van der Waals surface area contributed by atoms with E-state index in [1.165, 1.54) is 6.92 Å². The number of carboxylic acids is 1. The number of thioether (sulfide) groups is 1. The number of nitrogens with one attached hydrogen (secondary N) is 1. The third-order valence-corrected chi connectivity index (χ3v) is 3.45. The van der Waals surface area contributed by atoms with Gasteiger partial charge in [0.1, 0.15) is 6.04 Å². The molecular formula is C11H22N2O3S. The molecule has 1 amide bonds. The van der Waals surface area contributed by atoms with Gasteiger partial charge < -0.3 is 15.3 Å². The lowest BCUT2D eigenvalue weighted by Crippen LogP contribution is -2.41. The maximum atomic E-state index is 10.8. The molecule has 0 heterocycles. The van der Waals surface area contributed by atoms with Crippen molar-refractivity contribution in [1.82, 2.24) is 10.2 Å². The van der Waals surface area contributed by atoms with Gasteiger partial charge in [-0.2, -0.15) is 11.8 Å². The predicted octanol–water partition coefficient (Wildman–Crippen LogP) is 0.651. The minimum Gasteiger partial charge on any atom is -0.480 e. The molecule has 0 aromatic carbocycles. The first-order chi connectivity index (χ1) is 8.01. The normalized spacial score (nSPS) is 12.5. The Hall–Kier alpha value is -0.750. The van der Waals surface area contributed by atoms with Crippen molar-refractivity contribution >= 4 is 23.6 Å². The van der Waals surface area contributed by atoms with Crippen molar-refractivity contribution in [2.75, 3.05) is 31.1 Å². The summed E-state index contributed by atoms with van der Waals surface area (Å²) in [4.78, 5) is 23.9. The zero-order chi connectivity index (χ0) is 13.3. The molecule has 0 radical (unpaired) electrons. The van der Waals surface area contributed by atoms with E-state index in [0.29, 0.717) is 5.75 Å². The Morgan fingerprint density at radius 2 is 1.94 bits per heavy atom. The molecule has 0 aliphatic rings. The standard InChI is InChI=1S/C11H22N2O3S/c1-4-13(5-2)6-7-17-8-10(11(15)16)12-9(3)14/h10H,4-8H2,1-3H3,(H,12,14)(H,15,16)/t10-/m0/s1. The average Bonchev–Trinajstić information content (AvgIpc) is 2.27. The highest BCUT2D eigenvalue weighted by molar-refractivity contribution is 7.99. The van der Waals surface area contributed by atoms with Crippen LogP contribution in [-0.4, -0.2) is 59.1 Å². The molecule has 2 N–H and O–H groups in total. The second kappa shape index (κ2) is 9.30. The monoisotopic (exact) mass is 262 g/mol. The van der Waals surface area contributed by atoms with Crippen LogP contribution >= 0.6 is 11.8 Å². The van der Waals surface area contributed by atoms with Crippen LogP contribution in [0, 0.1) is 0 Å². The second-order valence-corrected chi connectivity index (χ2v) is 4.84. The number of carbonyl (C=O) groups is 2. The lowest BCUT2D eigenvalue weighted by molar-refractivity contribution is -0.140. The summed E-state index contributed by atoms with van der Waals surface area (Å²) in [5, 5.41) is 11.3. The van der Waals surface area contributed by atoms with Gasteiger partial charge in [0.15, 0.2) is 0 Å². The minimum atomic E-state index is -0.976. The summed E-state index contributed by atoms with van der Waals surface area (Å²) in [6, 6.07) is -0.783. The Morgan fingerprint density at radius 1 is 1.35 bits per heavy atom. The van der Waals surface area contributed by atoms with E-state index in [0.717, 1.165) is 25.4 Å². The first-order valence-corrected chi connectivity index (χ1v) is 6.96.